The second-order valence-electron chi connectivity index (χ2n) is 6.82. The standard InChI is InChI=1S/C20H23ClN4O/c1-4-14(12-6-7-12)19-17(15-9-8-13(26-3)10-16(15)21)18-20(23-11-22-18)24-25(19)5-2/h8-12,14H,4-7H2,1-3H3. The lowest BCUT2D eigenvalue weighted by molar-refractivity contribution is 0.415. The van der Waals surface area contributed by atoms with Gasteiger partial charge in [-0.05, 0) is 50.3 Å². The van der Waals surface area contributed by atoms with Gasteiger partial charge in [0.15, 0.2) is 5.82 Å². The molecule has 0 N–H and O–H groups in total. The van der Waals surface area contributed by atoms with Gasteiger partial charge in [-0.3, -0.25) is 4.68 Å². The maximum atomic E-state index is 6.66. The maximum Gasteiger partial charge on any atom is 0.200 e. The molecule has 0 spiro atoms. The van der Waals surface area contributed by atoms with Crippen molar-refractivity contribution in [2.45, 2.75) is 45.6 Å². The molecule has 0 aromatic heterocycles. The van der Waals surface area contributed by atoms with Crippen molar-refractivity contribution in [2.75, 3.05) is 7.11 Å². The number of methoxy groups -OCH3 is 1. The molecule has 1 aromatic rings. The highest BCUT2D eigenvalue weighted by molar-refractivity contribution is 6.33. The van der Waals surface area contributed by atoms with Gasteiger partial charge in [0.1, 0.15) is 17.8 Å². The predicted octanol–water partition coefficient (Wildman–Crippen LogP) is 5.03. The molecular weight excluding hydrogens is 348 g/mol. The van der Waals surface area contributed by atoms with E-state index in [0.29, 0.717) is 16.8 Å². The summed E-state index contributed by atoms with van der Waals surface area (Å²) in [5.41, 5.74) is 4.10. The van der Waals surface area contributed by atoms with Gasteiger partial charge in [-0.2, -0.15) is 5.10 Å². The number of halogens is 1. The van der Waals surface area contributed by atoms with Crippen molar-refractivity contribution in [2.24, 2.45) is 5.92 Å². The molecule has 3 aliphatic rings. The third kappa shape index (κ3) is 2.84. The largest absolute Gasteiger partial charge is 0.497 e. The van der Waals surface area contributed by atoms with Crippen molar-refractivity contribution in [3.8, 4) is 28.4 Å². The fraction of sp³-hybridized carbons (Fsp3) is 0.450. The summed E-state index contributed by atoms with van der Waals surface area (Å²) in [6, 6.07) is 5.83. The molecule has 4 rings (SSSR count). The molecule has 2 aliphatic heterocycles. The number of ether oxygens (including phenoxy) is 1. The van der Waals surface area contributed by atoms with Crippen molar-refractivity contribution in [1.82, 2.24) is 19.7 Å². The molecule has 136 valence electrons. The molecule has 5 nitrogen and oxygen atoms in total. The topological polar surface area (TPSA) is 52.8 Å². The van der Waals surface area contributed by atoms with Crippen molar-refractivity contribution in [3.63, 3.8) is 0 Å². The fourth-order valence-corrected chi connectivity index (χ4v) is 4.15. The third-order valence-corrected chi connectivity index (χ3v) is 5.61. The van der Waals surface area contributed by atoms with E-state index in [1.54, 1.807) is 13.4 Å². The summed E-state index contributed by atoms with van der Waals surface area (Å²) in [5.74, 6) is 2.59. The summed E-state index contributed by atoms with van der Waals surface area (Å²) >= 11 is 6.66. The van der Waals surface area contributed by atoms with Gasteiger partial charge in [0.25, 0.3) is 0 Å². The van der Waals surface area contributed by atoms with Crippen LogP contribution in [0.25, 0.3) is 22.6 Å². The molecule has 26 heavy (non-hydrogen) atoms. The van der Waals surface area contributed by atoms with Crippen LogP contribution in [0.2, 0.25) is 5.02 Å². The van der Waals surface area contributed by atoms with Gasteiger partial charge >= 0.3 is 0 Å². The zero-order chi connectivity index (χ0) is 18.3. The van der Waals surface area contributed by atoms with Crippen molar-refractivity contribution >= 4 is 11.6 Å². The summed E-state index contributed by atoms with van der Waals surface area (Å²) in [6.07, 6.45) is 5.22. The summed E-state index contributed by atoms with van der Waals surface area (Å²) in [4.78, 5) is 8.89. The Morgan fingerprint density at radius 2 is 2.08 bits per heavy atom. The summed E-state index contributed by atoms with van der Waals surface area (Å²) < 4.78 is 7.42. The van der Waals surface area contributed by atoms with E-state index >= 15 is 0 Å². The van der Waals surface area contributed by atoms with E-state index in [9.17, 15) is 0 Å². The Bertz CT molecular complexity index is 903. The van der Waals surface area contributed by atoms with Crippen LogP contribution in [-0.2, 0) is 6.54 Å². The van der Waals surface area contributed by atoms with Crippen LogP contribution in [0.1, 0.15) is 44.7 Å². The van der Waals surface area contributed by atoms with Crippen LogP contribution in [0.5, 0.6) is 5.75 Å². The van der Waals surface area contributed by atoms with Crippen molar-refractivity contribution < 1.29 is 4.74 Å². The van der Waals surface area contributed by atoms with Gasteiger partial charge in [-0.15, -0.1) is 0 Å². The predicted molar refractivity (Wildman–Crippen MR) is 103 cm³/mol. The molecule has 0 bridgehead atoms. The highest BCUT2D eigenvalue weighted by Gasteiger charge is 2.36. The van der Waals surface area contributed by atoms with Gasteiger partial charge in [-0.1, -0.05) is 18.5 Å². The molecule has 1 aromatic carbocycles. The molecule has 1 aliphatic carbocycles. The number of aromatic nitrogens is 4. The number of aryl methyl sites for hydroxylation is 1. The summed E-state index contributed by atoms with van der Waals surface area (Å²) in [7, 11) is 1.65. The molecule has 0 amide bonds. The molecule has 0 radical (unpaired) electrons. The SMILES string of the molecule is CCC(c1c(-c2ccc(OC)cc2Cl)c2ncnc-2nn1CC)C1CC1. The average molecular weight is 371 g/mol. The van der Waals surface area contributed by atoms with Crippen LogP contribution in [0, 0.1) is 5.92 Å². The van der Waals surface area contributed by atoms with Crippen LogP contribution >= 0.6 is 11.6 Å². The average Bonchev–Trinajstić information content (AvgIpc) is 3.38. The third-order valence-electron chi connectivity index (χ3n) is 5.29. The number of hydrogen-bond donors (Lipinski definition) is 0. The molecule has 2 heterocycles. The quantitative estimate of drug-likeness (QED) is 0.610. The van der Waals surface area contributed by atoms with Gasteiger partial charge in [0.05, 0.1) is 17.8 Å². The van der Waals surface area contributed by atoms with Crippen LogP contribution in [0.15, 0.2) is 24.5 Å². The highest BCUT2D eigenvalue weighted by atomic mass is 35.5. The highest BCUT2D eigenvalue weighted by Crippen LogP contribution is 2.49. The Hall–Kier alpha value is -2.14. The lowest BCUT2D eigenvalue weighted by Gasteiger charge is -2.25. The van der Waals surface area contributed by atoms with E-state index in [-0.39, 0.29) is 0 Å². The van der Waals surface area contributed by atoms with E-state index in [4.69, 9.17) is 21.4 Å². The molecule has 1 atom stereocenters. The number of imidazole rings is 1. The molecule has 1 saturated carbocycles. The van der Waals surface area contributed by atoms with Gasteiger partial charge < -0.3 is 4.74 Å². The summed E-state index contributed by atoms with van der Waals surface area (Å²) in [6.45, 7) is 5.17. The lowest BCUT2D eigenvalue weighted by Crippen LogP contribution is -2.18. The first-order chi connectivity index (χ1) is 12.7. The Morgan fingerprint density at radius 1 is 1.27 bits per heavy atom. The Balaban J connectivity index is 2.02. The smallest absolute Gasteiger partial charge is 0.200 e. The van der Waals surface area contributed by atoms with Gasteiger partial charge in [0, 0.05) is 23.6 Å². The van der Waals surface area contributed by atoms with E-state index < -0.39 is 0 Å². The van der Waals surface area contributed by atoms with Crippen LogP contribution in [-0.4, -0.2) is 26.9 Å². The Kier molecular flexibility index (Phi) is 4.57. The minimum atomic E-state index is 0.455. The Morgan fingerprint density at radius 3 is 2.69 bits per heavy atom. The molecule has 0 saturated heterocycles. The van der Waals surface area contributed by atoms with Crippen molar-refractivity contribution in [1.29, 1.82) is 0 Å². The monoisotopic (exact) mass is 370 g/mol. The van der Waals surface area contributed by atoms with E-state index in [0.717, 1.165) is 41.5 Å². The van der Waals surface area contributed by atoms with E-state index in [2.05, 4.69) is 28.5 Å². The first-order valence-corrected chi connectivity index (χ1v) is 9.61. The number of rotatable bonds is 6. The minimum Gasteiger partial charge on any atom is -0.497 e. The van der Waals surface area contributed by atoms with E-state index in [1.165, 1.54) is 18.5 Å². The fourth-order valence-electron chi connectivity index (χ4n) is 3.89. The van der Waals surface area contributed by atoms with Gasteiger partial charge in [-0.25, -0.2) is 9.97 Å². The van der Waals surface area contributed by atoms with Crippen LogP contribution in [0.3, 0.4) is 0 Å². The zero-order valence-electron chi connectivity index (χ0n) is 15.4. The van der Waals surface area contributed by atoms with Crippen LogP contribution in [0.4, 0.5) is 0 Å². The number of nitrogens with zero attached hydrogens (tertiary/aromatic N) is 4. The maximum absolute atomic E-state index is 6.66. The lowest BCUT2D eigenvalue weighted by atomic mass is 9.88. The minimum absolute atomic E-state index is 0.455. The molecule has 6 heteroatoms. The number of hydrogen-bond acceptors (Lipinski definition) is 4. The number of benzene rings is 1. The second-order valence-corrected chi connectivity index (χ2v) is 7.23. The molecule has 1 fully saturated rings. The molecular formula is C20H23ClN4O. The number of fused-ring (bicyclic) bond motifs is 1. The molecule has 1 unspecified atom stereocenters. The van der Waals surface area contributed by atoms with Crippen LogP contribution < -0.4 is 4.74 Å². The van der Waals surface area contributed by atoms with Gasteiger partial charge in [0.2, 0.25) is 0 Å². The first-order valence-electron chi connectivity index (χ1n) is 9.23. The second kappa shape index (κ2) is 6.88. The summed E-state index contributed by atoms with van der Waals surface area (Å²) in [5, 5.41) is 5.42. The zero-order valence-corrected chi connectivity index (χ0v) is 16.1. The van der Waals surface area contributed by atoms with E-state index in [1.807, 2.05) is 18.2 Å². The first kappa shape index (κ1) is 17.3. The normalized spacial score (nSPS) is 15.4. The van der Waals surface area contributed by atoms with Crippen molar-refractivity contribution in [3.05, 3.63) is 35.2 Å². The Labute approximate surface area is 158 Å².